The van der Waals surface area contributed by atoms with Crippen LogP contribution in [-0.4, -0.2) is 34.6 Å². The van der Waals surface area contributed by atoms with E-state index < -0.39 is 34.6 Å². The number of azide groups is 2. The Morgan fingerprint density at radius 1 is 1.32 bits per heavy atom. The van der Waals surface area contributed by atoms with Crippen LogP contribution in [0.25, 0.3) is 20.9 Å². The smallest absolute Gasteiger partial charge is 0.256 e. The van der Waals surface area contributed by atoms with Crippen LogP contribution in [0.1, 0.15) is 6.92 Å². The molecule has 0 saturated carbocycles. The van der Waals surface area contributed by atoms with Gasteiger partial charge >= 0.3 is 5.85 Å². The molecule has 0 heterocycles. The lowest BCUT2D eigenvalue weighted by Crippen LogP contribution is -2.50. The minimum Gasteiger partial charge on any atom is -0.256 e. The summed E-state index contributed by atoms with van der Waals surface area (Å²) in [4.78, 5) is 22.8. The zero-order valence-electron chi connectivity index (χ0n) is 9.36. The number of alkyl halides is 1. The van der Waals surface area contributed by atoms with Gasteiger partial charge in [-0.25, -0.2) is 4.74 Å². The van der Waals surface area contributed by atoms with Gasteiger partial charge in [0, 0.05) is 9.82 Å². The Labute approximate surface area is 103 Å². The van der Waals surface area contributed by atoms with Crippen molar-refractivity contribution in [2.45, 2.75) is 25.0 Å². The average Bonchev–Trinajstić information content (AvgIpc) is 2.34. The fourth-order valence-corrected chi connectivity index (χ4v) is 0.842. The summed E-state index contributed by atoms with van der Waals surface area (Å²) in [6.07, 6.45) is -2.04. The zero-order valence-corrected chi connectivity index (χ0v) is 9.36. The van der Waals surface area contributed by atoms with Crippen LogP contribution in [0.4, 0.5) is 4.39 Å². The van der Waals surface area contributed by atoms with Gasteiger partial charge in [-0.15, -0.1) is 0 Å². The minimum atomic E-state index is -3.17. The Morgan fingerprint density at radius 2 is 1.79 bits per heavy atom. The minimum absolute atomic E-state index is 0.471. The van der Waals surface area contributed by atoms with Gasteiger partial charge in [-0.1, -0.05) is 10.2 Å². The van der Waals surface area contributed by atoms with Crippen molar-refractivity contribution < 1.29 is 19.0 Å². The highest BCUT2D eigenvalue weighted by atomic mass is 19.1. The molecule has 0 aliphatic heterocycles. The summed E-state index contributed by atoms with van der Waals surface area (Å²) < 4.78 is 16.9. The molecule has 0 bridgehead atoms. The first-order valence-corrected chi connectivity index (χ1v) is 4.44. The molecule has 2 unspecified atom stereocenters. The summed E-state index contributed by atoms with van der Waals surface area (Å²) in [5, 5.41) is 26.8. The average molecular weight is 278 g/mol. The highest BCUT2D eigenvalue weighted by Gasteiger charge is 2.55. The molecule has 0 amide bonds. The topological polar surface area (TPSA) is 193 Å². The van der Waals surface area contributed by atoms with Crippen molar-refractivity contribution in [3.05, 3.63) is 41.1 Å². The number of hydrogen-bond donors (Lipinski definition) is 0. The van der Waals surface area contributed by atoms with Gasteiger partial charge in [0.2, 0.25) is 0 Å². The molecule has 0 rings (SSSR count). The predicted molar refractivity (Wildman–Crippen MR) is 55.3 cm³/mol. The molecule has 0 saturated heterocycles. The lowest BCUT2D eigenvalue weighted by Gasteiger charge is -2.20. The number of ether oxygens (including phenoxy) is 1. The molecule has 13 nitrogen and oxygen atoms in total. The van der Waals surface area contributed by atoms with Crippen LogP contribution in [0.15, 0.2) is 10.2 Å². The van der Waals surface area contributed by atoms with E-state index >= 15 is 0 Å². The Balaban J connectivity index is 5.43. The third-order valence-electron chi connectivity index (χ3n) is 1.87. The van der Waals surface area contributed by atoms with Crippen molar-refractivity contribution in [2.24, 2.45) is 10.2 Å². The summed E-state index contributed by atoms with van der Waals surface area (Å²) in [6, 6.07) is -1.76. The number of nitrogens with zero attached hydrogens (tertiary/aromatic N) is 8. The maximum Gasteiger partial charge on any atom is 0.575 e. The van der Waals surface area contributed by atoms with E-state index in [0.717, 1.165) is 0 Å². The maximum atomic E-state index is 12.5. The summed E-state index contributed by atoms with van der Waals surface area (Å²) >= 11 is 0. The van der Waals surface area contributed by atoms with Gasteiger partial charge in [-0.3, -0.25) is 24.6 Å². The van der Waals surface area contributed by atoms with E-state index in [-0.39, 0.29) is 0 Å². The van der Waals surface area contributed by atoms with E-state index in [1.807, 2.05) is 0 Å². The molecule has 0 N–H and O–H groups in total. The lowest BCUT2D eigenvalue weighted by atomic mass is 10.3. The fraction of sp³-hybridized carbons (Fsp3) is 1.00. The second-order valence-electron chi connectivity index (χ2n) is 3.09. The van der Waals surface area contributed by atoms with Crippen molar-refractivity contribution in [1.82, 2.24) is 0 Å². The Morgan fingerprint density at radius 3 is 2.11 bits per heavy atom. The normalized spacial score (nSPS) is 13.6. The molecule has 0 aliphatic rings. The zero-order chi connectivity index (χ0) is 15.1. The van der Waals surface area contributed by atoms with E-state index in [9.17, 15) is 24.6 Å². The first-order valence-electron chi connectivity index (χ1n) is 4.44. The summed E-state index contributed by atoms with van der Waals surface area (Å²) in [6.45, 7) is -0.919. The lowest BCUT2D eigenvalue weighted by molar-refractivity contribution is -0.848. The first-order chi connectivity index (χ1) is 8.83. The van der Waals surface area contributed by atoms with Crippen LogP contribution >= 0.6 is 0 Å². The van der Waals surface area contributed by atoms with Crippen LogP contribution in [0.2, 0.25) is 0 Å². The first kappa shape index (κ1) is 16.3. The van der Waals surface area contributed by atoms with Crippen LogP contribution in [0, 0.1) is 20.2 Å². The Bertz CT molecular complexity index is 442. The van der Waals surface area contributed by atoms with Gasteiger partial charge < -0.3 is 0 Å². The highest BCUT2D eigenvalue weighted by molar-refractivity contribution is 4.76. The van der Waals surface area contributed by atoms with Crippen molar-refractivity contribution >= 4 is 0 Å². The molecular formula is C5H7FN8O5. The Hall–Kier alpha value is -2.69. The van der Waals surface area contributed by atoms with E-state index in [4.69, 9.17) is 11.1 Å². The molecule has 2 atom stereocenters. The van der Waals surface area contributed by atoms with Gasteiger partial charge in [-0.2, -0.15) is 0 Å². The van der Waals surface area contributed by atoms with Gasteiger partial charge in [0.1, 0.15) is 23.4 Å². The molecule has 19 heavy (non-hydrogen) atoms. The third-order valence-corrected chi connectivity index (χ3v) is 1.87. The van der Waals surface area contributed by atoms with Crippen molar-refractivity contribution in [3.8, 4) is 0 Å². The van der Waals surface area contributed by atoms with E-state index in [1.54, 1.807) is 0 Å². The van der Waals surface area contributed by atoms with Crippen molar-refractivity contribution in [1.29, 1.82) is 0 Å². The standard InChI is InChI=1S/C5H7FN8O5/c1-5(13(15)16,14(17)18)19-4(10-12-8)3(2-6)9-11-7/h3-4H,2H2,1H3. The summed E-state index contributed by atoms with van der Waals surface area (Å²) in [5.41, 5.74) is 16.3. The van der Waals surface area contributed by atoms with E-state index in [1.165, 1.54) is 0 Å². The molecule has 104 valence electrons. The van der Waals surface area contributed by atoms with Crippen LogP contribution in [-0.2, 0) is 4.74 Å². The molecule has 0 aromatic rings. The molecule has 14 heteroatoms. The van der Waals surface area contributed by atoms with Crippen LogP contribution < -0.4 is 0 Å². The number of nitro groups is 2. The van der Waals surface area contributed by atoms with Crippen LogP contribution in [0.3, 0.4) is 0 Å². The molecule has 0 radical (unpaired) electrons. The SMILES string of the molecule is CC(OC(N=[N+]=[N-])C(CF)N=[N+]=[N-])([N+](=O)[O-])[N+](=O)[O-]. The molecule has 0 fully saturated rings. The monoisotopic (exact) mass is 278 g/mol. The second-order valence-corrected chi connectivity index (χ2v) is 3.09. The molecule has 0 aliphatic carbocycles. The quantitative estimate of drug-likeness (QED) is 0.162. The molecule has 0 spiro atoms. The van der Waals surface area contributed by atoms with Gasteiger partial charge in [0.15, 0.2) is 6.23 Å². The fourth-order valence-electron chi connectivity index (χ4n) is 0.842. The van der Waals surface area contributed by atoms with Crippen molar-refractivity contribution in [3.63, 3.8) is 0 Å². The van der Waals surface area contributed by atoms with Gasteiger partial charge in [0.25, 0.3) is 0 Å². The third kappa shape index (κ3) is 3.92. The maximum absolute atomic E-state index is 12.5. The van der Waals surface area contributed by atoms with Gasteiger partial charge in [0.05, 0.1) is 6.04 Å². The summed E-state index contributed by atoms with van der Waals surface area (Å²) in [7, 11) is 0. The highest BCUT2D eigenvalue weighted by Crippen LogP contribution is 2.19. The molecule has 0 aromatic heterocycles. The number of halogens is 1. The predicted octanol–water partition coefficient (Wildman–Crippen LogP) is 1.51. The second kappa shape index (κ2) is 6.90. The molecular weight excluding hydrogens is 271 g/mol. The largest absolute Gasteiger partial charge is 0.575 e. The van der Waals surface area contributed by atoms with Crippen molar-refractivity contribution in [2.75, 3.05) is 6.67 Å². The van der Waals surface area contributed by atoms with E-state index in [2.05, 4.69) is 24.8 Å². The number of hydrogen-bond acceptors (Lipinski definition) is 7. The Kier molecular flexibility index (Phi) is 5.93. The number of rotatable bonds is 8. The molecule has 0 aromatic carbocycles. The van der Waals surface area contributed by atoms with Gasteiger partial charge in [-0.05, 0) is 11.1 Å². The van der Waals surface area contributed by atoms with Crippen LogP contribution in [0.5, 0.6) is 0 Å². The van der Waals surface area contributed by atoms with E-state index in [0.29, 0.717) is 6.92 Å². The summed E-state index contributed by atoms with van der Waals surface area (Å²) in [5.74, 6) is -3.17.